The van der Waals surface area contributed by atoms with Crippen molar-refractivity contribution in [2.75, 3.05) is 14.2 Å². The molecule has 1 atom stereocenters. The monoisotopic (exact) mass is 353 g/mol. The predicted octanol–water partition coefficient (Wildman–Crippen LogP) is 2.96. The Morgan fingerprint density at radius 2 is 1.88 bits per heavy atom. The fourth-order valence-electron chi connectivity index (χ4n) is 3.35. The van der Waals surface area contributed by atoms with Gasteiger partial charge in [0, 0.05) is 13.1 Å². The zero-order valence-corrected chi connectivity index (χ0v) is 15.1. The summed E-state index contributed by atoms with van der Waals surface area (Å²) in [6.45, 7) is 1.01. The molecule has 136 valence electrons. The first-order chi connectivity index (χ1) is 12.6. The molecule has 0 radical (unpaired) electrons. The Balaban J connectivity index is 1.93. The highest BCUT2D eigenvalue weighted by molar-refractivity contribution is 5.84. The highest BCUT2D eigenvalue weighted by Crippen LogP contribution is 2.29. The number of benzene rings is 2. The number of fused-ring (bicyclic) bond motifs is 1. The van der Waals surface area contributed by atoms with Crippen molar-refractivity contribution >= 4 is 11.9 Å². The third kappa shape index (κ3) is 4.04. The summed E-state index contributed by atoms with van der Waals surface area (Å²) in [5.74, 6) is -0.0301. The lowest BCUT2D eigenvalue weighted by molar-refractivity contribution is -0.147. The number of esters is 1. The largest absolute Gasteiger partial charge is 0.497 e. The van der Waals surface area contributed by atoms with Crippen LogP contribution in [0.1, 0.15) is 23.1 Å². The molecule has 0 aromatic heterocycles. The van der Waals surface area contributed by atoms with Gasteiger partial charge in [-0.2, -0.15) is 0 Å². The number of amides is 1. The number of carbonyl (C=O) groups is 2. The third-order valence-electron chi connectivity index (χ3n) is 4.76. The van der Waals surface area contributed by atoms with Gasteiger partial charge in [-0.05, 0) is 35.2 Å². The van der Waals surface area contributed by atoms with Gasteiger partial charge in [0.25, 0.3) is 0 Å². The molecule has 26 heavy (non-hydrogen) atoms. The van der Waals surface area contributed by atoms with Gasteiger partial charge < -0.3 is 14.4 Å². The molecular weight excluding hydrogens is 330 g/mol. The molecule has 3 rings (SSSR count). The topological polar surface area (TPSA) is 55.8 Å². The van der Waals surface area contributed by atoms with Crippen molar-refractivity contribution in [3.8, 4) is 5.75 Å². The van der Waals surface area contributed by atoms with Gasteiger partial charge >= 0.3 is 5.97 Å². The lowest BCUT2D eigenvalue weighted by Crippen LogP contribution is -2.35. The minimum Gasteiger partial charge on any atom is -0.497 e. The van der Waals surface area contributed by atoms with E-state index < -0.39 is 5.92 Å². The lowest BCUT2D eigenvalue weighted by Gasteiger charge is -2.24. The van der Waals surface area contributed by atoms with Crippen molar-refractivity contribution in [1.29, 1.82) is 0 Å². The van der Waals surface area contributed by atoms with E-state index in [-0.39, 0.29) is 18.3 Å². The van der Waals surface area contributed by atoms with Crippen molar-refractivity contribution in [2.24, 2.45) is 5.92 Å². The maximum Gasteiger partial charge on any atom is 0.306 e. The summed E-state index contributed by atoms with van der Waals surface area (Å²) in [6, 6.07) is 15.7. The minimum absolute atomic E-state index is 0.0191. The summed E-state index contributed by atoms with van der Waals surface area (Å²) in [6.07, 6.45) is 0.616. The molecule has 0 saturated heterocycles. The fourth-order valence-corrected chi connectivity index (χ4v) is 3.35. The van der Waals surface area contributed by atoms with E-state index in [1.807, 2.05) is 53.4 Å². The Morgan fingerprint density at radius 3 is 2.58 bits per heavy atom. The zero-order chi connectivity index (χ0) is 18.5. The number of nitrogens with zero attached hydrogens (tertiary/aromatic N) is 1. The van der Waals surface area contributed by atoms with E-state index in [0.717, 1.165) is 22.4 Å². The second kappa shape index (κ2) is 8.04. The number of methoxy groups -OCH3 is 2. The third-order valence-corrected chi connectivity index (χ3v) is 4.76. The Morgan fingerprint density at radius 1 is 1.12 bits per heavy atom. The fraction of sp³-hybridized carbons (Fsp3) is 0.333. The maximum absolute atomic E-state index is 13.1. The van der Waals surface area contributed by atoms with Crippen LogP contribution in [0.5, 0.6) is 5.75 Å². The predicted molar refractivity (Wildman–Crippen MR) is 97.5 cm³/mol. The zero-order valence-electron chi connectivity index (χ0n) is 15.1. The van der Waals surface area contributed by atoms with Gasteiger partial charge in [0.1, 0.15) is 5.75 Å². The van der Waals surface area contributed by atoms with Crippen molar-refractivity contribution in [3.05, 3.63) is 65.2 Å². The highest BCUT2D eigenvalue weighted by Gasteiger charge is 2.31. The molecule has 0 fully saturated rings. The number of hydrogen-bond donors (Lipinski definition) is 0. The minimum atomic E-state index is -0.416. The van der Waals surface area contributed by atoms with E-state index in [1.54, 1.807) is 7.11 Å². The van der Waals surface area contributed by atoms with Crippen molar-refractivity contribution in [2.45, 2.75) is 25.9 Å². The molecule has 1 aliphatic rings. The Hall–Kier alpha value is -2.82. The highest BCUT2D eigenvalue weighted by atomic mass is 16.5. The summed E-state index contributed by atoms with van der Waals surface area (Å²) < 4.78 is 10.1. The Kier molecular flexibility index (Phi) is 5.56. The summed E-state index contributed by atoms with van der Waals surface area (Å²) in [4.78, 5) is 26.7. The van der Waals surface area contributed by atoms with Crippen LogP contribution < -0.4 is 4.74 Å². The van der Waals surface area contributed by atoms with Gasteiger partial charge in [-0.1, -0.05) is 36.4 Å². The molecule has 0 spiro atoms. The molecule has 5 nitrogen and oxygen atoms in total. The average Bonchev–Trinajstić information content (AvgIpc) is 2.79. The van der Waals surface area contributed by atoms with Gasteiger partial charge in [0.05, 0.1) is 26.6 Å². The van der Waals surface area contributed by atoms with Gasteiger partial charge in [0.2, 0.25) is 5.91 Å². The molecule has 1 aliphatic heterocycles. The van der Waals surface area contributed by atoms with Gasteiger partial charge in [-0.3, -0.25) is 9.59 Å². The molecule has 0 bridgehead atoms. The molecule has 0 N–H and O–H groups in total. The SMILES string of the molecule is COC(=O)CC1Cc2ccc(OC)cc2CN(Cc2ccccc2)C1=O. The first-order valence-corrected chi connectivity index (χ1v) is 8.66. The quantitative estimate of drug-likeness (QED) is 0.776. The standard InChI is InChI=1S/C21H23NO4/c1-25-19-9-8-16-10-17(12-20(23)26-2)21(24)22(14-18(16)11-19)13-15-6-4-3-5-7-15/h3-9,11,17H,10,12-14H2,1-2H3. The second-order valence-electron chi connectivity index (χ2n) is 6.50. The van der Waals surface area contributed by atoms with E-state index in [4.69, 9.17) is 9.47 Å². The molecule has 2 aromatic carbocycles. The number of ether oxygens (including phenoxy) is 2. The second-order valence-corrected chi connectivity index (χ2v) is 6.50. The van der Waals surface area contributed by atoms with Crippen LogP contribution in [0.2, 0.25) is 0 Å². The smallest absolute Gasteiger partial charge is 0.306 e. The van der Waals surface area contributed by atoms with Crippen LogP contribution in [-0.4, -0.2) is 31.0 Å². The number of hydrogen-bond acceptors (Lipinski definition) is 4. The summed E-state index contributed by atoms with van der Waals surface area (Å²) >= 11 is 0. The van der Waals surface area contributed by atoms with E-state index in [0.29, 0.717) is 19.5 Å². The molecule has 1 heterocycles. The van der Waals surface area contributed by atoms with Crippen molar-refractivity contribution < 1.29 is 19.1 Å². The first kappa shape index (κ1) is 18.0. The summed E-state index contributed by atoms with van der Waals surface area (Å²) in [5, 5.41) is 0. The molecule has 1 amide bonds. The van der Waals surface area contributed by atoms with Gasteiger partial charge in [-0.25, -0.2) is 0 Å². The van der Waals surface area contributed by atoms with E-state index in [2.05, 4.69) is 0 Å². The van der Waals surface area contributed by atoms with Crippen LogP contribution >= 0.6 is 0 Å². The van der Waals surface area contributed by atoms with Crippen molar-refractivity contribution in [1.82, 2.24) is 4.90 Å². The molecule has 5 heteroatoms. The first-order valence-electron chi connectivity index (χ1n) is 8.66. The van der Waals surface area contributed by atoms with E-state index in [9.17, 15) is 9.59 Å². The van der Waals surface area contributed by atoms with Crippen LogP contribution in [0.25, 0.3) is 0 Å². The summed E-state index contributed by atoms with van der Waals surface area (Å²) in [5.41, 5.74) is 3.19. The van der Waals surface area contributed by atoms with Gasteiger partial charge in [0.15, 0.2) is 0 Å². The number of rotatable bonds is 5. The Bertz CT molecular complexity index is 788. The maximum atomic E-state index is 13.1. The normalized spacial score (nSPS) is 16.6. The van der Waals surface area contributed by atoms with E-state index in [1.165, 1.54) is 7.11 Å². The molecule has 2 aromatic rings. The van der Waals surface area contributed by atoms with Crippen LogP contribution in [0.3, 0.4) is 0 Å². The average molecular weight is 353 g/mol. The van der Waals surface area contributed by atoms with Crippen LogP contribution in [0.4, 0.5) is 0 Å². The Labute approximate surface area is 153 Å². The summed E-state index contributed by atoms with van der Waals surface area (Å²) in [7, 11) is 2.98. The van der Waals surface area contributed by atoms with E-state index >= 15 is 0 Å². The number of carbonyl (C=O) groups excluding carboxylic acids is 2. The van der Waals surface area contributed by atoms with Gasteiger partial charge in [-0.15, -0.1) is 0 Å². The lowest BCUT2D eigenvalue weighted by atomic mass is 9.94. The molecule has 0 saturated carbocycles. The molecule has 1 unspecified atom stereocenters. The molecular formula is C21H23NO4. The van der Waals surface area contributed by atoms with Crippen LogP contribution in [0.15, 0.2) is 48.5 Å². The van der Waals surface area contributed by atoms with Crippen molar-refractivity contribution in [3.63, 3.8) is 0 Å². The molecule has 0 aliphatic carbocycles. The van der Waals surface area contributed by atoms with Crippen LogP contribution in [0, 0.1) is 5.92 Å². The van der Waals surface area contributed by atoms with Crippen LogP contribution in [-0.2, 0) is 33.8 Å².